The molecule has 0 fully saturated rings. The zero-order chi connectivity index (χ0) is 17.2. The summed E-state index contributed by atoms with van der Waals surface area (Å²) in [7, 11) is 0. The summed E-state index contributed by atoms with van der Waals surface area (Å²) in [6.07, 6.45) is 3.01. The number of hydrogen-bond acceptors (Lipinski definition) is 4. The molecular formula is C19H15ClN2OS2. The SMILES string of the molecule is O=C(c1csc(-c2ccc(Cl)s2)n1)N1CC=C(c2ccccc2)CC1. The van der Waals surface area contributed by atoms with E-state index >= 15 is 0 Å². The molecule has 126 valence electrons. The van der Waals surface area contributed by atoms with Crippen LogP contribution in [-0.4, -0.2) is 28.9 Å². The predicted molar refractivity (Wildman–Crippen MR) is 105 cm³/mol. The maximum absolute atomic E-state index is 12.7. The maximum Gasteiger partial charge on any atom is 0.273 e. The van der Waals surface area contributed by atoms with Gasteiger partial charge in [0.1, 0.15) is 10.7 Å². The fraction of sp³-hybridized carbons (Fsp3) is 0.158. The normalized spacial score (nSPS) is 14.4. The van der Waals surface area contributed by atoms with Gasteiger partial charge >= 0.3 is 0 Å². The summed E-state index contributed by atoms with van der Waals surface area (Å²) in [5, 5.41) is 2.68. The average molecular weight is 387 g/mol. The molecule has 0 unspecified atom stereocenters. The van der Waals surface area contributed by atoms with Crippen LogP contribution in [0.25, 0.3) is 15.5 Å². The quantitative estimate of drug-likeness (QED) is 0.599. The van der Waals surface area contributed by atoms with E-state index in [9.17, 15) is 4.79 Å². The van der Waals surface area contributed by atoms with Gasteiger partial charge in [-0.1, -0.05) is 48.0 Å². The maximum atomic E-state index is 12.7. The molecule has 2 aromatic heterocycles. The number of thiazole rings is 1. The third-order valence-corrected chi connectivity index (χ3v) is 6.39. The molecule has 1 aliphatic heterocycles. The molecule has 6 heteroatoms. The second-order valence-electron chi connectivity index (χ2n) is 5.74. The van der Waals surface area contributed by atoms with Crippen LogP contribution in [0.1, 0.15) is 22.5 Å². The second kappa shape index (κ2) is 7.12. The summed E-state index contributed by atoms with van der Waals surface area (Å²) >= 11 is 8.94. The number of rotatable bonds is 3. The summed E-state index contributed by atoms with van der Waals surface area (Å²) in [6, 6.07) is 14.1. The van der Waals surface area contributed by atoms with Crippen molar-refractivity contribution in [2.75, 3.05) is 13.1 Å². The highest BCUT2D eigenvalue weighted by Crippen LogP contribution is 2.33. The van der Waals surface area contributed by atoms with Crippen LogP contribution in [0.3, 0.4) is 0 Å². The molecular weight excluding hydrogens is 372 g/mol. The molecule has 25 heavy (non-hydrogen) atoms. The molecule has 0 saturated heterocycles. The number of amides is 1. The average Bonchev–Trinajstić information content (AvgIpc) is 3.31. The predicted octanol–water partition coefficient (Wildman–Crippen LogP) is 5.45. The van der Waals surface area contributed by atoms with E-state index < -0.39 is 0 Å². The molecule has 1 amide bonds. The van der Waals surface area contributed by atoms with E-state index in [4.69, 9.17) is 11.6 Å². The van der Waals surface area contributed by atoms with E-state index in [1.807, 2.05) is 40.6 Å². The standard InChI is InChI=1S/C19H15ClN2OS2/c20-17-7-6-16(25-17)18-21-15(12-24-18)19(23)22-10-8-14(9-11-22)13-4-2-1-3-5-13/h1-8,12H,9-11H2. The molecule has 1 aromatic carbocycles. The summed E-state index contributed by atoms with van der Waals surface area (Å²) in [5.41, 5.74) is 3.05. The van der Waals surface area contributed by atoms with Crippen molar-refractivity contribution in [3.63, 3.8) is 0 Å². The van der Waals surface area contributed by atoms with Crippen LogP contribution in [0.4, 0.5) is 0 Å². The van der Waals surface area contributed by atoms with Crippen LogP contribution in [-0.2, 0) is 0 Å². The van der Waals surface area contributed by atoms with Gasteiger partial charge in [0, 0.05) is 18.5 Å². The Balaban J connectivity index is 1.47. The first-order valence-corrected chi connectivity index (χ1v) is 10.0. The molecule has 1 aliphatic rings. The van der Waals surface area contributed by atoms with Crippen molar-refractivity contribution < 1.29 is 4.79 Å². The molecule has 0 N–H and O–H groups in total. The lowest BCUT2D eigenvalue weighted by molar-refractivity contribution is 0.0768. The van der Waals surface area contributed by atoms with Gasteiger partial charge in [-0.05, 0) is 29.7 Å². The highest BCUT2D eigenvalue weighted by atomic mass is 35.5. The Morgan fingerprint density at radius 1 is 1.16 bits per heavy atom. The number of halogens is 1. The van der Waals surface area contributed by atoms with E-state index in [0.717, 1.165) is 27.2 Å². The van der Waals surface area contributed by atoms with Gasteiger partial charge < -0.3 is 4.90 Å². The minimum absolute atomic E-state index is 0.00600. The zero-order valence-electron chi connectivity index (χ0n) is 13.3. The van der Waals surface area contributed by atoms with Crippen LogP contribution in [0.2, 0.25) is 4.34 Å². The molecule has 0 atom stereocenters. The Morgan fingerprint density at radius 3 is 2.68 bits per heavy atom. The van der Waals surface area contributed by atoms with Crippen LogP contribution in [0.5, 0.6) is 0 Å². The Bertz CT molecular complexity index is 930. The van der Waals surface area contributed by atoms with E-state index in [-0.39, 0.29) is 5.91 Å². The van der Waals surface area contributed by atoms with Gasteiger partial charge in [-0.25, -0.2) is 4.98 Å². The fourth-order valence-electron chi connectivity index (χ4n) is 2.84. The highest BCUT2D eigenvalue weighted by Gasteiger charge is 2.22. The van der Waals surface area contributed by atoms with Gasteiger partial charge in [0.2, 0.25) is 0 Å². The van der Waals surface area contributed by atoms with Crippen LogP contribution in [0, 0.1) is 0 Å². The van der Waals surface area contributed by atoms with Crippen LogP contribution in [0.15, 0.2) is 53.9 Å². The Labute approximate surface area is 159 Å². The lowest BCUT2D eigenvalue weighted by Gasteiger charge is -2.26. The Kier molecular flexibility index (Phi) is 4.70. The molecule has 4 rings (SSSR count). The van der Waals surface area contributed by atoms with Gasteiger partial charge in [0.25, 0.3) is 5.91 Å². The van der Waals surface area contributed by atoms with Gasteiger partial charge in [-0.2, -0.15) is 0 Å². The van der Waals surface area contributed by atoms with Crippen molar-refractivity contribution in [3.05, 3.63) is 69.5 Å². The molecule has 3 heterocycles. The largest absolute Gasteiger partial charge is 0.333 e. The third-order valence-electron chi connectivity index (χ3n) is 4.15. The first-order chi connectivity index (χ1) is 12.2. The zero-order valence-corrected chi connectivity index (χ0v) is 15.7. The van der Waals surface area contributed by atoms with Crippen molar-refractivity contribution in [1.29, 1.82) is 0 Å². The van der Waals surface area contributed by atoms with E-state index in [1.165, 1.54) is 33.8 Å². The Hall–Kier alpha value is -1.95. The topological polar surface area (TPSA) is 33.2 Å². The number of carbonyl (C=O) groups is 1. The number of aromatic nitrogens is 1. The molecule has 3 aromatic rings. The molecule has 0 aliphatic carbocycles. The van der Waals surface area contributed by atoms with Crippen LogP contribution < -0.4 is 0 Å². The van der Waals surface area contributed by atoms with Crippen molar-refractivity contribution >= 4 is 45.8 Å². The smallest absolute Gasteiger partial charge is 0.273 e. The minimum Gasteiger partial charge on any atom is -0.333 e. The molecule has 0 bridgehead atoms. The Morgan fingerprint density at radius 2 is 2.00 bits per heavy atom. The molecule has 0 saturated carbocycles. The lowest BCUT2D eigenvalue weighted by Crippen LogP contribution is -2.34. The molecule has 0 spiro atoms. The number of nitrogens with zero attached hydrogens (tertiary/aromatic N) is 2. The van der Waals surface area contributed by atoms with Gasteiger partial charge in [0.15, 0.2) is 0 Å². The third kappa shape index (κ3) is 3.54. The first-order valence-electron chi connectivity index (χ1n) is 7.95. The summed E-state index contributed by atoms with van der Waals surface area (Å²) in [6.45, 7) is 1.35. The fourth-order valence-corrected chi connectivity index (χ4v) is 4.75. The van der Waals surface area contributed by atoms with Crippen molar-refractivity contribution in [1.82, 2.24) is 9.88 Å². The van der Waals surface area contributed by atoms with E-state index in [1.54, 1.807) is 0 Å². The summed E-state index contributed by atoms with van der Waals surface area (Å²) in [4.78, 5) is 20.1. The molecule has 0 radical (unpaired) electrons. The number of benzene rings is 1. The van der Waals surface area contributed by atoms with E-state index in [0.29, 0.717) is 12.2 Å². The van der Waals surface area contributed by atoms with Crippen LogP contribution >= 0.6 is 34.3 Å². The molecule has 3 nitrogen and oxygen atoms in total. The van der Waals surface area contributed by atoms with E-state index in [2.05, 4.69) is 23.2 Å². The number of carbonyl (C=O) groups excluding carboxylic acids is 1. The summed E-state index contributed by atoms with van der Waals surface area (Å²) in [5.74, 6) is -0.00600. The van der Waals surface area contributed by atoms with Gasteiger partial charge in [-0.15, -0.1) is 22.7 Å². The monoisotopic (exact) mass is 386 g/mol. The van der Waals surface area contributed by atoms with Crippen molar-refractivity contribution in [3.8, 4) is 9.88 Å². The second-order valence-corrected chi connectivity index (χ2v) is 8.31. The number of thiophene rings is 1. The number of hydrogen-bond donors (Lipinski definition) is 0. The van der Waals surface area contributed by atoms with Crippen molar-refractivity contribution in [2.24, 2.45) is 0 Å². The minimum atomic E-state index is -0.00600. The highest BCUT2D eigenvalue weighted by molar-refractivity contribution is 7.23. The van der Waals surface area contributed by atoms with Gasteiger partial charge in [0.05, 0.1) is 9.21 Å². The summed E-state index contributed by atoms with van der Waals surface area (Å²) < 4.78 is 0.729. The van der Waals surface area contributed by atoms with Gasteiger partial charge in [-0.3, -0.25) is 4.79 Å². The van der Waals surface area contributed by atoms with Crippen molar-refractivity contribution in [2.45, 2.75) is 6.42 Å². The lowest BCUT2D eigenvalue weighted by atomic mass is 9.99. The first kappa shape index (κ1) is 16.5.